The Morgan fingerprint density at radius 1 is 1.09 bits per heavy atom. The second-order valence-corrected chi connectivity index (χ2v) is 9.88. The van der Waals surface area contributed by atoms with Gasteiger partial charge in [-0.3, -0.25) is 4.79 Å². The minimum atomic E-state index is -3.78. The highest BCUT2D eigenvalue weighted by atomic mass is 32.2. The third-order valence-electron chi connectivity index (χ3n) is 5.59. The van der Waals surface area contributed by atoms with Gasteiger partial charge in [-0.2, -0.15) is 4.31 Å². The van der Waals surface area contributed by atoms with E-state index in [0.717, 1.165) is 5.56 Å². The zero-order chi connectivity index (χ0) is 24.3. The van der Waals surface area contributed by atoms with Crippen molar-refractivity contribution < 1.29 is 37.0 Å². The van der Waals surface area contributed by atoms with Gasteiger partial charge in [-0.1, -0.05) is 12.1 Å². The minimum absolute atomic E-state index is 0.00753. The van der Waals surface area contributed by atoms with E-state index in [9.17, 15) is 18.0 Å². The lowest BCUT2D eigenvalue weighted by molar-refractivity contribution is -0.129. The molecule has 2 aliphatic rings. The molecule has 1 atom stereocenters. The fraction of sp³-hybridized carbons (Fsp3) is 0.391. The predicted octanol–water partition coefficient (Wildman–Crippen LogP) is 1.61. The molecule has 0 bridgehead atoms. The van der Waals surface area contributed by atoms with Gasteiger partial charge in [0.1, 0.15) is 0 Å². The zero-order valence-electron chi connectivity index (χ0n) is 18.9. The first-order valence-corrected chi connectivity index (χ1v) is 12.3. The van der Waals surface area contributed by atoms with Crippen LogP contribution >= 0.6 is 0 Å². The van der Waals surface area contributed by atoms with Crippen LogP contribution in [0.2, 0.25) is 0 Å². The number of ether oxygens (including phenoxy) is 4. The Kier molecular flexibility index (Phi) is 7.05. The highest BCUT2D eigenvalue weighted by molar-refractivity contribution is 7.89. The molecule has 2 aromatic carbocycles. The molecule has 11 heteroatoms. The van der Waals surface area contributed by atoms with E-state index in [4.69, 9.17) is 18.9 Å². The van der Waals surface area contributed by atoms with E-state index in [2.05, 4.69) is 5.32 Å². The summed E-state index contributed by atoms with van der Waals surface area (Å²) in [4.78, 5) is 25.2. The SMILES string of the molecule is Cc1ccc(S(=O)(=O)N2CCOCC2)cc1C(=O)OC(C)C(=O)NCc1ccc2c(c1)OCO2. The van der Waals surface area contributed by atoms with Gasteiger partial charge in [-0.15, -0.1) is 0 Å². The number of carbonyl (C=O) groups is 2. The number of aryl methyl sites for hydroxylation is 1. The minimum Gasteiger partial charge on any atom is -0.454 e. The van der Waals surface area contributed by atoms with Crippen molar-refractivity contribution in [3.8, 4) is 11.5 Å². The van der Waals surface area contributed by atoms with Gasteiger partial charge in [-0.05, 0) is 49.2 Å². The number of esters is 1. The highest BCUT2D eigenvalue weighted by Gasteiger charge is 2.28. The van der Waals surface area contributed by atoms with E-state index in [1.165, 1.54) is 23.4 Å². The molecule has 2 aromatic rings. The fourth-order valence-electron chi connectivity index (χ4n) is 3.58. The molecule has 2 aliphatic heterocycles. The largest absolute Gasteiger partial charge is 0.454 e. The number of rotatable bonds is 7. The van der Waals surface area contributed by atoms with Crippen LogP contribution in [0, 0.1) is 6.92 Å². The van der Waals surface area contributed by atoms with Crippen LogP contribution in [0.3, 0.4) is 0 Å². The molecular formula is C23H26N2O8S. The Bertz CT molecular complexity index is 1190. The molecule has 0 saturated carbocycles. The Balaban J connectivity index is 1.39. The number of fused-ring (bicyclic) bond motifs is 1. The molecule has 1 fully saturated rings. The van der Waals surface area contributed by atoms with E-state index in [-0.39, 0.29) is 36.9 Å². The molecule has 10 nitrogen and oxygen atoms in total. The number of hydrogen-bond acceptors (Lipinski definition) is 8. The summed E-state index contributed by atoms with van der Waals surface area (Å²) in [6.07, 6.45) is -1.08. The number of morpholine rings is 1. The smallest absolute Gasteiger partial charge is 0.339 e. The van der Waals surface area contributed by atoms with E-state index in [0.29, 0.717) is 30.3 Å². The van der Waals surface area contributed by atoms with Gasteiger partial charge in [0.15, 0.2) is 17.6 Å². The Morgan fingerprint density at radius 3 is 2.59 bits per heavy atom. The summed E-state index contributed by atoms with van der Waals surface area (Å²) in [5.41, 5.74) is 1.43. The number of hydrogen-bond donors (Lipinski definition) is 1. The monoisotopic (exact) mass is 490 g/mol. The van der Waals surface area contributed by atoms with Gasteiger partial charge < -0.3 is 24.3 Å². The van der Waals surface area contributed by atoms with Crippen molar-refractivity contribution in [1.82, 2.24) is 9.62 Å². The first kappa shape index (κ1) is 24.0. The summed E-state index contributed by atoms with van der Waals surface area (Å²) < 4.78 is 48.3. The fourth-order valence-corrected chi connectivity index (χ4v) is 5.01. The Morgan fingerprint density at radius 2 is 1.82 bits per heavy atom. The van der Waals surface area contributed by atoms with E-state index < -0.39 is 28.0 Å². The van der Waals surface area contributed by atoms with Gasteiger partial charge in [0.25, 0.3) is 5.91 Å². The maximum atomic E-state index is 12.9. The summed E-state index contributed by atoms with van der Waals surface area (Å²) >= 11 is 0. The molecule has 0 spiro atoms. The van der Waals surface area contributed by atoms with Crippen molar-refractivity contribution in [2.24, 2.45) is 0 Å². The lowest BCUT2D eigenvalue weighted by atomic mass is 10.1. The number of amides is 1. The van der Waals surface area contributed by atoms with Crippen molar-refractivity contribution in [1.29, 1.82) is 0 Å². The summed E-state index contributed by atoms with van der Waals surface area (Å²) in [6.45, 7) is 4.63. The maximum absolute atomic E-state index is 12.9. The summed E-state index contributed by atoms with van der Waals surface area (Å²) in [5.74, 6) is -0.0118. The van der Waals surface area contributed by atoms with Crippen molar-refractivity contribution in [2.75, 3.05) is 33.1 Å². The van der Waals surface area contributed by atoms with Crippen LogP contribution in [0.4, 0.5) is 0 Å². The molecule has 1 amide bonds. The van der Waals surface area contributed by atoms with E-state index >= 15 is 0 Å². The van der Waals surface area contributed by atoms with Crippen LogP contribution in [0.5, 0.6) is 11.5 Å². The number of carbonyl (C=O) groups excluding carboxylic acids is 2. The molecule has 2 heterocycles. The van der Waals surface area contributed by atoms with Crippen molar-refractivity contribution in [2.45, 2.75) is 31.4 Å². The van der Waals surface area contributed by atoms with Gasteiger partial charge >= 0.3 is 5.97 Å². The predicted molar refractivity (Wildman–Crippen MR) is 120 cm³/mol. The van der Waals surface area contributed by atoms with Crippen LogP contribution in [-0.4, -0.2) is 63.8 Å². The molecule has 34 heavy (non-hydrogen) atoms. The molecular weight excluding hydrogens is 464 g/mol. The van der Waals surface area contributed by atoms with Crippen molar-refractivity contribution in [3.05, 3.63) is 53.1 Å². The van der Waals surface area contributed by atoms with Crippen LogP contribution in [0.1, 0.15) is 28.4 Å². The number of sulfonamides is 1. The van der Waals surface area contributed by atoms with Gasteiger partial charge in [0.2, 0.25) is 16.8 Å². The van der Waals surface area contributed by atoms with Crippen LogP contribution in [0.25, 0.3) is 0 Å². The van der Waals surface area contributed by atoms with Gasteiger partial charge in [0, 0.05) is 19.6 Å². The molecule has 0 radical (unpaired) electrons. The third kappa shape index (κ3) is 5.16. The molecule has 0 aromatic heterocycles. The third-order valence-corrected chi connectivity index (χ3v) is 7.49. The highest BCUT2D eigenvalue weighted by Crippen LogP contribution is 2.32. The lowest BCUT2D eigenvalue weighted by Gasteiger charge is -2.26. The molecule has 4 rings (SSSR count). The quantitative estimate of drug-likeness (QED) is 0.581. The second kappa shape index (κ2) is 10.00. The van der Waals surface area contributed by atoms with Crippen molar-refractivity contribution >= 4 is 21.9 Å². The first-order chi connectivity index (χ1) is 16.3. The summed E-state index contributed by atoms with van der Waals surface area (Å²) in [6, 6.07) is 9.62. The average Bonchev–Trinajstić information content (AvgIpc) is 3.31. The number of nitrogens with zero attached hydrogens (tertiary/aromatic N) is 1. The van der Waals surface area contributed by atoms with Crippen molar-refractivity contribution in [3.63, 3.8) is 0 Å². The Hall–Kier alpha value is -3.15. The summed E-state index contributed by atoms with van der Waals surface area (Å²) in [5, 5.41) is 2.71. The number of benzene rings is 2. The topological polar surface area (TPSA) is 120 Å². The lowest BCUT2D eigenvalue weighted by Crippen LogP contribution is -2.40. The molecule has 1 unspecified atom stereocenters. The molecule has 1 N–H and O–H groups in total. The molecule has 182 valence electrons. The summed E-state index contributed by atoms with van der Waals surface area (Å²) in [7, 11) is -3.78. The number of nitrogens with one attached hydrogen (secondary N) is 1. The van der Waals surface area contributed by atoms with Crippen LogP contribution in [-0.2, 0) is 30.8 Å². The second-order valence-electron chi connectivity index (χ2n) is 7.95. The zero-order valence-corrected chi connectivity index (χ0v) is 19.7. The average molecular weight is 491 g/mol. The Labute approximate surface area is 197 Å². The van der Waals surface area contributed by atoms with Crippen LogP contribution in [0.15, 0.2) is 41.3 Å². The van der Waals surface area contributed by atoms with Gasteiger partial charge in [-0.25, -0.2) is 13.2 Å². The first-order valence-electron chi connectivity index (χ1n) is 10.8. The van der Waals surface area contributed by atoms with Crippen LogP contribution < -0.4 is 14.8 Å². The van der Waals surface area contributed by atoms with Gasteiger partial charge in [0.05, 0.1) is 23.7 Å². The maximum Gasteiger partial charge on any atom is 0.339 e. The van der Waals surface area contributed by atoms with E-state index in [1.807, 2.05) is 0 Å². The normalized spacial score (nSPS) is 16.6. The standard InChI is InChI=1S/C23H26N2O8S/c1-15-3-5-18(34(28,29)25-7-9-30-10-8-25)12-19(15)23(27)33-16(2)22(26)24-13-17-4-6-20-21(11-17)32-14-31-20/h3-6,11-12,16H,7-10,13-14H2,1-2H3,(H,24,26). The molecule has 0 aliphatic carbocycles. The van der Waals surface area contributed by atoms with E-state index in [1.54, 1.807) is 31.2 Å². The molecule has 1 saturated heterocycles.